The van der Waals surface area contributed by atoms with Crippen molar-refractivity contribution >= 4 is 16.9 Å². The number of carbonyl (C=O) groups is 1. The summed E-state index contributed by atoms with van der Waals surface area (Å²) in [6.07, 6.45) is 3.37. The molecule has 4 aromatic rings. The predicted molar refractivity (Wildman–Crippen MR) is 140 cm³/mol. The van der Waals surface area contributed by atoms with Crippen LogP contribution < -0.4 is 5.56 Å². The molecule has 1 aliphatic heterocycles. The molecule has 0 radical (unpaired) electrons. The van der Waals surface area contributed by atoms with Crippen LogP contribution in [0.4, 0.5) is 0 Å². The molecule has 192 valence electrons. The van der Waals surface area contributed by atoms with Crippen LogP contribution in [0, 0.1) is 0 Å². The Morgan fingerprint density at radius 3 is 2.38 bits per heavy atom. The summed E-state index contributed by atoms with van der Waals surface area (Å²) in [5.74, 6) is 0.0826. The van der Waals surface area contributed by atoms with E-state index in [4.69, 9.17) is 0 Å². The Bertz CT molecular complexity index is 1450. The fourth-order valence-corrected chi connectivity index (χ4v) is 5.00. The van der Waals surface area contributed by atoms with E-state index in [0.717, 1.165) is 16.7 Å². The van der Waals surface area contributed by atoms with Gasteiger partial charge in [0, 0.05) is 32.1 Å². The number of hydrogen-bond acceptors (Lipinski definition) is 6. The fourth-order valence-electron chi connectivity index (χ4n) is 5.00. The van der Waals surface area contributed by atoms with E-state index in [-0.39, 0.29) is 30.1 Å². The third-order valence-corrected chi connectivity index (χ3v) is 7.20. The van der Waals surface area contributed by atoms with Gasteiger partial charge in [0.1, 0.15) is 5.52 Å². The van der Waals surface area contributed by atoms with Crippen LogP contribution in [0.15, 0.2) is 65.7 Å². The van der Waals surface area contributed by atoms with E-state index in [0.29, 0.717) is 50.0 Å². The maximum absolute atomic E-state index is 13.3. The molecule has 1 saturated heterocycles. The third-order valence-electron chi connectivity index (χ3n) is 7.20. The molecule has 0 unspecified atom stereocenters. The molecule has 9 heteroatoms. The molecule has 9 nitrogen and oxygen atoms in total. The van der Waals surface area contributed by atoms with E-state index in [2.05, 4.69) is 10.1 Å². The summed E-state index contributed by atoms with van der Waals surface area (Å²) in [5.41, 5.74) is 2.80. The van der Waals surface area contributed by atoms with Crippen molar-refractivity contribution in [1.82, 2.24) is 24.2 Å². The molecule has 1 aliphatic rings. The number of amides is 1. The van der Waals surface area contributed by atoms with E-state index in [1.807, 2.05) is 54.6 Å². The van der Waals surface area contributed by atoms with E-state index < -0.39 is 5.60 Å². The topological polar surface area (TPSA) is 113 Å². The number of nitrogens with zero attached hydrogens (tertiary/aromatic N) is 5. The molecule has 0 spiro atoms. The number of carbonyl (C=O) groups excluding carboxylic acids is 1. The number of fused-ring (bicyclic) bond motifs is 1. The molecule has 5 rings (SSSR count). The summed E-state index contributed by atoms with van der Waals surface area (Å²) in [6, 6.07) is 17.3. The van der Waals surface area contributed by atoms with Crippen LogP contribution in [0.25, 0.3) is 22.3 Å². The zero-order chi connectivity index (χ0) is 26.0. The van der Waals surface area contributed by atoms with Crippen molar-refractivity contribution in [3.05, 3.63) is 82.4 Å². The van der Waals surface area contributed by atoms with Gasteiger partial charge in [0.25, 0.3) is 5.56 Å². The van der Waals surface area contributed by atoms with Gasteiger partial charge in [-0.3, -0.25) is 18.8 Å². The lowest BCUT2D eigenvalue weighted by atomic mass is 9.91. The van der Waals surface area contributed by atoms with Crippen LogP contribution in [-0.4, -0.2) is 59.0 Å². The van der Waals surface area contributed by atoms with E-state index in [1.165, 1.54) is 10.9 Å². The first kappa shape index (κ1) is 24.9. The van der Waals surface area contributed by atoms with Gasteiger partial charge in [0.15, 0.2) is 5.52 Å². The van der Waals surface area contributed by atoms with Crippen molar-refractivity contribution in [2.24, 2.45) is 7.05 Å². The lowest BCUT2D eigenvalue weighted by molar-refractivity contribution is -0.135. The van der Waals surface area contributed by atoms with Crippen molar-refractivity contribution in [1.29, 1.82) is 0 Å². The highest BCUT2D eigenvalue weighted by Gasteiger charge is 2.35. The van der Waals surface area contributed by atoms with E-state index in [9.17, 15) is 19.8 Å². The summed E-state index contributed by atoms with van der Waals surface area (Å²) in [4.78, 5) is 32.3. The van der Waals surface area contributed by atoms with Crippen LogP contribution in [-0.2, 0) is 31.4 Å². The molecule has 1 fully saturated rings. The van der Waals surface area contributed by atoms with Crippen LogP contribution in [0.1, 0.15) is 30.4 Å². The van der Waals surface area contributed by atoms with Gasteiger partial charge < -0.3 is 15.1 Å². The summed E-state index contributed by atoms with van der Waals surface area (Å²) >= 11 is 0. The standard InChI is InChI=1S/C28H31N5O4/c1-31-26(22-10-7-21(17-34)8-11-22)24-25(30-31)27(36)33(19-29-24)18-28(37)13-15-32(16-14-28)23(35)12-9-20-5-3-2-4-6-20/h2-8,10-11,19,34,37H,9,12-18H2,1H3. The van der Waals surface area contributed by atoms with Crippen molar-refractivity contribution in [3.8, 4) is 11.3 Å². The van der Waals surface area contributed by atoms with E-state index in [1.54, 1.807) is 16.6 Å². The molecule has 0 atom stereocenters. The number of aliphatic hydroxyl groups is 2. The molecular formula is C28H31N5O4. The Morgan fingerprint density at radius 1 is 1.00 bits per heavy atom. The second kappa shape index (κ2) is 10.3. The average Bonchev–Trinajstić information content (AvgIpc) is 3.26. The monoisotopic (exact) mass is 501 g/mol. The highest BCUT2D eigenvalue weighted by molar-refractivity contribution is 5.89. The molecule has 0 saturated carbocycles. The molecule has 0 aliphatic carbocycles. The van der Waals surface area contributed by atoms with Gasteiger partial charge in [-0.05, 0) is 30.4 Å². The summed E-state index contributed by atoms with van der Waals surface area (Å²) in [5, 5.41) is 25.0. The smallest absolute Gasteiger partial charge is 0.281 e. The van der Waals surface area contributed by atoms with Crippen molar-refractivity contribution in [2.45, 2.75) is 44.4 Å². The van der Waals surface area contributed by atoms with Crippen LogP contribution in [0.5, 0.6) is 0 Å². The Balaban J connectivity index is 1.27. The number of benzene rings is 2. The van der Waals surface area contributed by atoms with Gasteiger partial charge in [0.05, 0.1) is 30.8 Å². The summed E-state index contributed by atoms with van der Waals surface area (Å²) in [6.45, 7) is 0.952. The number of rotatable bonds is 7. The minimum Gasteiger partial charge on any atom is -0.392 e. The molecule has 2 aromatic heterocycles. The Hall–Kier alpha value is -3.82. The number of piperidine rings is 1. The molecule has 3 heterocycles. The normalized spacial score (nSPS) is 15.3. The van der Waals surface area contributed by atoms with Crippen LogP contribution >= 0.6 is 0 Å². The van der Waals surface area contributed by atoms with Crippen LogP contribution in [0.3, 0.4) is 0 Å². The Morgan fingerprint density at radius 2 is 1.70 bits per heavy atom. The van der Waals surface area contributed by atoms with E-state index >= 15 is 0 Å². The largest absolute Gasteiger partial charge is 0.392 e. The Labute approximate surface area is 214 Å². The maximum Gasteiger partial charge on any atom is 0.281 e. The average molecular weight is 502 g/mol. The molecule has 0 bridgehead atoms. The number of aryl methyl sites for hydroxylation is 2. The second-order valence-corrected chi connectivity index (χ2v) is 9.79. The van der Waals surface area contributed by atoms with Gasteiger partial charge in [-0.1, -0.05) is 54.6 Å². The summed E-state index contributed by atoms with van der Waals surface area (Å²) in [7, 11) is 1.76. The summed E-state index contributed by atoms with van der Waals surface area (Å²) < 4.78 is 3.05. The fraction of sp³-hybridized carbons (Fsp3) is 0.357. The van der Waals surface area contributed by atoms with Crippen LogP contribution in [0.2, 0.25) is 0 Å². The number of hydrogen-bond donors (Lipinski definition) is 2. The molecule has 1 amide bonds. The first-order valence-electron chi connectivity index (χ1n) is 12.5. The maximum atomic E-state index is 13.3. The lowest BCUT2D eigenvalue weighted by Gasteiger charge is -2.38. The van der Waals surface area contributed by atoms with Gasteiger partial charge in [-0.15, -0.1) is 0 Å². The molecule has 2 N–H and O–H groups in total. The van der Waals surface area contributed by atoms with Crippen molar-refractivity contribution < 1.29 is 15.0 Å². The quantitative estimate of drug-likeness (QED) is 0.402. The lowest BCUT2D eigenvalue weighted by Crippen LogP contribution is -2.49. The van der Waals surface area contributed by atoms with Gasteiger partial charge >= 0.3 is 0 Å². The number of likely N-dealkylation sites (tertiary alicyclic amines) is 1. The minimum absolute atomic E-state index is 0.0438. The Kier molecular flexibility index (Phi) is 6.90. The third kappa shape index (κ3) is 5.19. The SMILES string of the molecule is Cn1nc2c(=O)n(CC3(O)CCN(C(=O)CCc4ccccc4)CC3)cnc2c1-c1ccc(CO)cc1. The highest BCUT2D eigenvalue weighted by atomic mass is 16.3. The zero-order valence-corrected chi connectivity index (χ0v) is 20.9. The molecular weight excluding hydrogens is 470 g/mol. The number of aliphatic hydroxyl groups excluding tert-OH is 1. The minimum atomic E-state index is -1.10. The van der Waals surface area contributed by atoms with Crippen molar-refractivity contribution in [2.75, 3.05) is 13.1 Å². The predicted octanol–water partition coefficient (Wildman–Crippen LogP) is 2.28. The molecule has 2 aromatic carbocycles. The second-order valence-electron chi connectivity index (χ2n) is 9.79. The first-order valence-corrected chi connectivity index (χ1v) is 12.5. The van der Waals surface area contributed by atoms with Gasteiger partial charge in [-0.2, -0.15) is 5.10 Å². The zero-order valence-electron chi connectivity index (χ0n) is 20.9. The van der Waals surface area contributed by atoms with Gasteiger partial charge in [-0.25, -0.2) is 4.98 Å². The molecule has 37 heavy (non-hydrogen) atoms. The van der Waals surface area contributed by atoms with Crippen molar-refractivity contribution in [3.63, 3.8) is 0 Å². The highest BCUT2D eigenvalue weighted by Crippen LogP contribution is 2.27. The van der Waals surface area contributed by atoms with Gasteiger partial charge in [0.2, 0.25) is 5.91 Å². The first-order chi connectivity index (χ1) is 17.9. The number of aromatic nitrogens is 4.